The molecule has 0 radical (unpaired) electrons. The van der Waals surface area contributed by atoms with Crippen molar-refractivity contribution >= 4 is 11.3 Å². The lowest BCUT2D eigenvalue weighted by Gasteiger charge is -2.11. The summed E-state index contributed by atoms with van der Waals surface area (Å²) in [6, 6.07) is 8.29. The van der Waals surface area contributed by atoms with Crippen LogP contribution in [0.5, 0.6) is 0 Å². The van der Waals surface area contributed by atoms with Gasteiger partial charge < -0.3 is 5.11 Å². The third-order valence-corrected chi connectivity index (χ3v) is 3.69. The van der Waals surface area contributed by atoms with Crippen LogP contribution in [0.25, 0.3) is 0 Å². The van der Waals surface area contributed by atoms with Gasteiger partial charge in [-0.25, -0.2) is 0 Å². The van der Waals surface area contributed by atoms with Gasteiger partial charge in [-0.05, 0) is 23.5 Å². The normalized spacial score (nSPS) is 12.9. The van der Waals surface area contributed by atoms with Crippen LogP contribution in [0.15, 0.2) is 36.0 Å². The fourth-order valence-electron chi connectivity index (χ4n) is 2.00. The van der Waals surface area contributed by atoms with Gasteiger partial charge in [-0.1, -0.05) is 38.1 Å². The molecule has 0 amide bonds. The predicted molar refractivity (Wildman–Crippen MR) is 75.8 cm³/mol. The van der Waals surface area contributed by atoms with Gasteiger partial charge in [0.05, 0.1) is 11.6 Å². The summed E-state index contributed by atoms with van der Waals surface area (Å²) in [4.78, 5) is 5.14. The molecule has 1 unspecified atom stereocenters. The van der Waals surface area contributed by atoms with Crippen LogP contribution in [0.3, 0.4) is 0 Å². The van der Waals surface area contributed by atoms with Gasteiger partial charge in [-0.15, -0.1) is 11.3 Å². The zero-order valence-electron chi connectivity index (χ0n) is 10.8. The quantitative estimate of drug-likeness (QED) is 0.891. The highest BCUT2D eigenvalue weighted by Gasteiger charge is 2.09. The van der Waals surface area contributed by atoms with E-state index in [1.165, 1.54) is 5.56 Å². The Kier molecular flexibility index (Phi) is 4.50. The molecule has 1 atom stereocenters. The maximum atomic E-state index is 10.1. The van der Waals surface area contributed by atoms with E-state index in [4.69, 9.17) is 0 Å². The Hall–Kier alpha value is -1.19. The molecule has 0 saturated carbocycles. The van der Waals surface area contributed by atoms with Crippen LogP contribution in [0, 0.1) is 5.92 Å². The molecule has 0 saturated heterocycles. The first-order chi connectivity index (χ1) is 8.65. The first-order valence-electron chi connectivity index (χ1n) is 6.29. The molecular weight excluding hydrogens is 242 g/mol. The van der Waals surface area contributed by atoms with Gasteiger partial charge in [0.2, 0.25) is 0 Å². The lowest BCUT2D eigenvalue weighted by Crippen LogP contribution is -2.01. The molecular formula is C15H19NOS. The van der Waals surface area contributed by atoms with Crippen molar-refractivity contribution in [3.63, 3.8) is 0 Å². The minimum atomic E-state index is -0.432. The molecule has 1 N–H and O–H groups in total. The predicted octanol–water partition coefficient (Wildman–Crippen LogP) is 3.62. The zero-order valence-corrected chi connectivity index (χ0v) is 11.7. The molecule has 0 fully saturated rings. The molecule has 2 nitrogen and oxygen atoms in total. The number of rotatable bonds is 5. The van der Waals surface area contributed by atoms with Crippen molar-refractivity contribution in [2.24, 2.45) is 5.92 Å². The molecule has 2 rings (SSSR count). The fourth-order valence-corrected chi connectivity index (χ4v) is 2.63. The summed E-state index contributed by atoms with van der Waals surface area (Å²) in [5.41, 5.74) is 4.11. The summed E-state index contributed by atoms with van der Waals surface area (Å²) < 4.78 is 0. The summed E-state index contributed by atoms with van der Waals surface area (Å²) in [6.45, 7) is 4.43. The number of hydrogen-bond donors (Lipinski definition) is 1. The monoisotopic (exact) mass is 261 g/mol. The maximum Gasteiger partial charge on any atom is 0.0838 e. The maximum absolute atomic E-state index is 10.1. The van der Waals surface area contributed by atoms with Gasteiger partial charge in [0.25, 0.3) is 0 Å². The van der Waals surface area contributed by atoms with Crippen LogP contribution in [-0.2, 0) is 12.8 Å². The number of hydrogen-bond acceptors (Lipinski definition) is 3. The topological polar surface area (TPSA) is 33.1 Å². The molecule has 1 aromatic heterocycles. The summed E-state index contributed by atoms with van der Waals surface area (Å²) in [6.07, 6.45) is 3.12. The number of aromatic nitrogens is 1. The van der Waals surface area contributed by atoms with Gasteiger partial charge in [0.1, 0.15) is 0 Å². The van der Waals surface area contributed by atoms with Crippen LogP contribution in [0.4, 0.5) is 0 Å². The Bertz CT molecular complexity index is 462. The standard InChI is InChI=1S/C15H19NOS/c1-11(2)7-12-3-5-13(6-4-12)15(17)8-14-9-16-10-18-14/h3-6,9-11,15,17H,7-8H2,1-2H3. The molecule has 2 aromatic rings. The van der Waals surface area contributed by atoms with Crippen molar-refractivity contribution in [2.45, 2.75) is 32.8 Å². The molecule has 0 aliphatic heterocycles. The van der Waals surface area contributed by atoms with E-state index in [1.54, 1.807) is 16.8 Å². The number of aliphatic hydroxyl groups is 1. The highest BCUT2D eigenvalue weighted by Crippen LogP contribution is 2.21. The van der Waals surface area contributed by atoms with E-state index in [1.807, 2.05) is 18.3 Å². The van der Waals surface area contributed by atoms with Crippen molar-refractivity contribution in [3.05, 3.63) is 52.0 Å². The van der Waals surface area contributed by atoms with Crippen LogP contribution < -0.4 is 0 Å². The smallest absolute Gasteiger partial charge is 0.0838 e. The first-order valence-corrected chi connectivity index (χ1v) is 7.17. The number of benzene rings is 1. The van der Waals surface area contributed by atoms with Gasteiger partial charge in [-0.2, -0.15) is 0 Å². The SMILES string of the molecule is CC(C)Cc1ccc(C(O)Cc2cncs2)cc1. The molecule has 1 aromatic carbocycles. The molecule has 0 aliphatic carbocycles. The summed E-state index contributed by atoms with van der Waals surface area (Å²) in [5.74, 6) is 0.665. The Morgan fingerprint density at radius 1 is 1.17 bits per heavy atom. The van der Waals surface area contributed by atoms with Gasteiger partial charge in [-0.3, -0.25) is 4.98 Å². The van der Waals surface area contributed by atoms with Crippen LogP contribution in [-0.4, -0.2) is 10.1 Å². The van der Waals surface area contributed by atoms with Crippen LogP contribution >= 0.6 is 11.3 Å². The van der Waals surface area contributed by atoms with Crippen molar-refractivity contribution in [3.8, 4) is 0 Å². The molecule has 0 bridgehead atoms. The molecule has 96 valence electrons. The van der Waals surface area contributed by atoms with E-state index < -0.39 is 6.10 Å². The van der Waals surface area contributed by atoms with E-state index in [9.17, 15) is 5.11 Å². The van der Waals surface area contributed by atoms with Gasteiger partial charge in [0.15, 0.2) is 0 Å². The number of aliphatic hydroxyl groups excluding tert-OH is 1. The average Bonchev–Trinajstić information content (AvgIpc) is 2.82. The van der Waals surface area contributed by atoms with E-state index >= 15 is 0 Å². The Morgan fingerprint density at radius 2 is 1.89 bits per heavy atom. The highest BCUT2D eigenvalue weighted by atomic mass is 32.1. The average molecular weight is 261 g/mol. The van der Waals surface area contributed by atoms with E-state index in [0.29, 0.717) is 12.3 Å². The van der Waals surface area contributed by atoms with Gasteiger partial charge >= 0.3 is 0 Å². The molecule has 3 heteroatoms. The fraction of sp³-hybridized carbons (Fsp3) is 0.400. The summed E-state index contributed by atoms with van der Waals surface area (Å²) in [5, 5.41) is 10.1. The van der Waals surface area contributed by atoms with Crippen molar-refractivity contribution in [1.29, 1.82) is 0 Å². The Balaban J connectivity index is 2.00. The molecule has 18 heavy (non-hydrogen) atoms. The minimum absolute atomic E-state index is 0.432. The number of thiazole rings is 1. The Morgan fingerprint density at radius 3 is 2.44 bits per heavy atom. The second-order valence-electron chi connectivity index (χ2n) is 5.03. The lowest BCUT2D eigenvalue weighted by molar-refractivity contribution is 0.179. The second-order valence-corrected chi connectivity index (χ2v) is 6.00. The second kappa shape index (κ2) is 6.12. The third kappa shape index (κ3) is 3.65. The van der Waals surface area contributed by atoms with E-state index in [-0.39, 0.29) is 0 Å². The zero-order chi connectivity index (χ0) is 13.0. The lowest BCUT2D eigenvalue weighted by atomic mass is 9.99. The van der Waals surface area contributed by atoms with E-state index in [0.717, 1.165) is 16.9 Å². The van der Waals surface area contributed by atoms with Crippen molar-refractivity contribution in [1.82, 2.24) is 4.98 Å². The highest BCUT2D eigenvalue weighted by molar-refractivity contribution is 7.09. The van der Waals surface area contributed by atoms with E-state index in [2.05, 4.69) is 31.0 Å². The molecule has 0 aliphatic rings. The van der Waals surface area contributed by atoms with Crippen LogP contribution in [0.1, 0.15) is 36.0 Å². The summed E-state index contributed by atoms with van der Waals surface area (Å²) in [7, 11) is 0. The Labute approximate surface area is 112 Å². The minimum Gasteiger partial charge on any atom is -0.388 e. The molecule has 1 heterocycles. The molecule has 0 spiro atoms. The van der Waals surface area contributed by atoms with Crippen molar-refractivity contribution < 1.29 is 5.11 Å². The number of nitrogens with zero attached hydrogens (tertiary/aromatic N) is 1. The van der Waals surface area contributed by atoms with Crippen molar-refractivity contribution in [2.75, 3.05) is 0 Å². The van der Waals surface area contributed by atoms with Gasteiger partial charge in [0, 0.05) is 17.5 Å². The van der Waals surface area contributed by atoms with Crippen LogP contribution in [0.2, 0.25) is 0 Å². The largest absolute Gasteiger partial charge is 0.388 e. The summed E-state index contributed by atoms with van der Waals surface area (Å²) >= 11 is 1.59. The third-order valence-electron chi connectivity index (χ3n) is 2.89. The first kappa shape index (κ1) is 13.2.